The van der Waals surface area contributed by atoms with Crippen molar-refractivity contribution in [2.45, 2.75) is 6.43 Å². The molecule has 2 N–H and O–H groups in total. The number of rotatable bonds is 2. The molecule has 0 atom stereocenters. The van der Waals surface area contributed by atoms with Crippen molar-refractivity contribution >= 4 is 45.3 Å². The van der Waals surface area contributed by atoms with E-state index in [0.29, 0.717) is 0 Å². The normalized spacial score (nSPS) is 10.6. The lowest BCUT2D eigenvalue weighted by Crippen LogP contribution is -2.06. The van der Waals surface area contributed by atoms with Gasteiger partial charge in [-0.2, -0.15) is 0 Å². The maximum absolute atomic E-state index is 12.5. The third-order valence-electron chi connectivity index (χ3n) is 1.51. The van der Waals surface area contributed by atoms with Gasteiger partial charge in [0.15, 0.2) is 0 Å². The highest BCUT2D eigenvalue weighted by Crippen LogP contribution is 2.30. The molecule has 1 aromatic rings. The monoisotopic (exact) mass is 332 g/mol. The molecule has 1 rings (SSSR count). The van der Waals surface area contributed by atoms with E-state index in [2.05, 4.69) is 4.98 Å². The number of hydrogen-bond donors (Lipinski definition) is 1. The number of carbonyl (C=O) groups is 1. The molecule has 0 amide bonds. The van der Waals surface area contributed by atoms with Gasteiger partial charge in [-0.3, -0.25) is 4.79 Å². The van der Waals surface area contributed by atoms with Crippen LogP contribution in [0.3, 0.4) is 0 Å². The zero-order valence-electron chi connectivity index (χ0n) is 6.60. The second kappa shape index (κ2) is 4.35. The number of carbonyl (C=O) groups excluding carboxylic acids is 1. The van der Waals surface area contributed by atoms with E-state index >= 15 is 0 Å². The van der Waals surface area contributed by atoms with Gasteiger partial charge in [-0.05, 0) is 34.2 Å². The first kappa shape index (κ1) is 11.6. The molecule has 1 heterocycles. The van der Waals surface area contributed by atoms with Crippen LogP contribution in [0, 0.1) is 3.57 Å². The summed E-state index contributed by atoms with van der Waals surface area (Å²) < 4.78 is 25.0. The molecule has 0 saturated heterocycles. The summed E-state index contributed by atoms with van der Waals surface area (Å²) in [6.07, 6.45) is -1.69. The van der Waals surface area contributed by atoms with Crippen LogP contribution in [0.1, 0.15) is 22.3 Å². The van der Waals surface area contributed by atoms with E-state index in [-0.39, 0.29) is 15.0 Å². The minimum atomic E-state index is -2.77. The van der Waals surface area contributed by atoms with Gasteiger partial charge in [-0.25, -0.2) is 13.8 Å². The van der Waals surface area contributed by atoms with Crippen molar-refractivity contribution in [3.63, 3.8) is 0 Å². The fraction of sp³-hybridized carbons (Fsp3) is 0.143. The number of anilines is 1. The van der Waals surface area contributed by atoms with Crippen molar-refractivity contribution in [1.29, 1.82) is 0 Å². The van der Waals surface area contributed by atoms with E-state index in [1.54, 1.807) is 22.6 Å². The van der Waals surface area contributed by atoms with Gasteiger partial charge in [0, 0.05) is 9.77 Å². The predicted octanol–water partition coefficient (Wildman–Crippen LogP) is 2.58. The van der Waals surface area contributed by atoms with Gasteiger partial charge >= 0.3 is 0 Å². The molecule has 76 valence electrons. The van der Waals surface area contributed by atoms with Crippen LogP contribution in [-0.4, -0.2) is 10.2 Å². The van der Waals surface area contributed by atoms with Crippen molar-refractivity contribution in [3.8, 4) is 0 Å². The minimum Gasteiger partial charge on any atom is -0.383 e. The average Bonchev–Trinajstić information content (AvgIpc) is 2.02. The van der Waals surface area contributed by atoms with Crippen LogP contribution in [0.2, 0.25) is 0 Å². The fourth-order valence-corrected chi connectivity index (χ4v) is 2.06. The fourth-order valence-electron chi connectivity index (χ4n) is 0.862. The molecule has 0 radical (unpaired) electrons. The maximum atomic E-state index is 12.5. The first-order chi connectivity index (χ1) is 6.45. The van der Waals surface area contributed by atoms with Crippen LogP contribution in [-0.2, 0) is 0 Å². The molecule has 0 aliphatic heterocycles. The Labute approximate surface area is 96.8 Å². The summed E-state index contributed by atoms with van der Waals surface area (Å²) in [6, 6.07) is 0. The number of nitrogens with two attached hydrogens (primary N) is 1. The molecule has 1 aromatic heterocycles. The Kier molecular flexibility index (Phi) is 3.59. The lowest BCUT2D eigenvalue weighted by Gasteiger charge is -2.08. The molecule has 0 fully saturated rings. The minimum absolute atomic E-state index is 0.0464. The molecule has 14 heavy (non-hydrogen) atoms. The Hall–Kier alpha value is -0.500. The summed E-state index contributed by atoms with van der Waals surface area (Å²) in [6.45, 7) is 0. The number of hydrogen-bond acceptors (Lipinski definition) is 3. The highest BCUT2D eigenvalue weighted by Gasteiger charge is 2.21. The molecular weight excluding hydrogens is 328 g/mol. The van der Waals surface area contributed by atoms with Gasteiger partial charge in [0.05, 0.1) is 11.1 Å². The summed E-state index contributed by atoms with van der Waals surface area (Å²) >= 11 is 6.76. The SMILES string of the molecule is Nc1ncc(C(=O)Cl)c(I)c1C(F)F. The van der Waals surface area contributed by atoms with E-state index in [4.69, 9.17) is 17.3 Å². The van der Waals surface area contributed by atoms with Gasteiger partial charge in [0.1, 0.15) is 5.82 Å². The summed E-state index contributed by atoms with van der Waals surface area (Å²) in [5.74, 6) is -0.286. The number of halogens is 4. The number of alkyl halides is 2. The third-order valence-corrected chi connectivity index (χ3v) is 2.88. The highest BCUT2D eigenvalue weighted by molar-refractivity contribution is 14.1. The Morgan fingerprint density at radius 1 is 1.64 bits per heavy atom. The Balaban J connectivity index is 3.41. The van der Waals surface area contributed by atoms with Gasteiger partial charge in [0.2, 0.25) is 0 Å². The second-order valence-corrected chi connectivity index (χ2v) is 3.78. The summed E-state index contributed by atoms with van der Waals surface area (Å²) in [4.78, 5) is 14.3. The van der Waals surface area contributed by atoms with Crippen molar-refractivity contribution in [2.24, 2.45) is 0 Å². The lowest BCUT2D eigenvalue weighted by atomic mass is 10.2. The molecular formula is C7H4ClF2IN2O. The van der Waals surface area contributed by atoms with Crippen molar-refractivity contribution in [3.05, 3.63) is 20.9 Å². The molecule has 0 saturated carbocycles. The van der Waals surface area contributed by atoms with Gasteiger partial charge in [-0.1, -0.05) is 0 Å². The molecule has 0 bridgehead atoms. The number of nitrogen functional groups attached to an aromatic ring is 1. The summed E-state index contributed by atoms with van der Waals surface area (Å²) in [5.41, 5.74) is 4.74. The molecule has 0 spiro atoms. The first-order valence-corrected chi connectivity index (χ1v) is 4.82. The van der Waals surface area contributed by atoms with E-state index in [9.17, 15) is 13.6 Å². The van der Waals surface area contributed by atoms with Crippen LogP contribution in [0.5, 0.6) is 0 Å². The largest absolute Gasteiger partial charge is 0.383 e. The first-order valence-electron chi connectivity index (χ1n) is 3.37. The molecule has 0 unspecified atom stereocenters. The molecule has 0 aliphatic carbocycles. The summed E-state index contributed by atoms with van der Waals surface area (Å²) in [5, 5.41) is -0.830. The second-order valence-electron chi connectivity index (χ2n) is 2.36. The quantitative estimate of drug-likeness (QED) is 0.669. The standard InChI is InChI=1S/C7H4ClF2IN2O/c8-5(14)2-1-13-7(12)3(4(2)11)6(9)10/h1,6H,(H2,12,13). The lowest BCUT2D eigenvalue weighted by molar-refractivity contribution is 0.107. The van der Waals surface area contributed by atoms with E-state index in [1.165, 1.54) is 0 Å². The van der Waals surface area contributed by atoms with Crippen molar-refractivity contribution < 1.29 is 13.6 Å². The molecule has 7 heteroatoms. The van der Waals surface area contributed by atoms with Crippen molar-refractivity contribution in [2.75, 3.05) is 5.73 Å². The number of pyridine rings is 1. The number of nitrogens with zero attached hydrogens (tertiary/aromatic N) is 1. The summed E-state index contributed by atoms with van der Waals surface area (Å²) in [7, 11) is 0. The molecule has 0 aliphatic rings. The molecule has 3 nitrogen and oxygen atoms in total. The zero-order valence-corrected chi connectivity index (χ0v) is 9.51. The predicted molar refractivity (Wildman–Crippen MR) is 56.5 cm³/mol. The van der Waals surface area contributed by atoms with E-state index in [0.717, 1.165) is 6.20 Å². The Morgan fingerprint density at radius 3 is 2.64 bits per heavy atom. The third kappa shape index (κ3) is 2.11. The highest BCUT2D eigenvalue weighted by atomic mass is 127. The number of aromatic nitrogens is 1. The van der Waals surface area contributed by atoms with Crippen LogP contribution >= 0.6 is 34.2 Å². The zero-order chi connectivity index (χ0) is 10.9. The van der Waals surface area contributed by atoms with E-state index < -0.39 is 17.2 Å². The van der Waals surface area contributed by atoms with Crippen LogP contribution in [0.15, 0.2) is 6.20 Å². The average molecular weight is 332 g/mol. The van der Waals surface area contributed by atoms with Crippen LogP contribution < -0.4 is 5.73 Å². The van der Waals surface area contributed by atoms with Crippen LogP contribution in [0.25, 0.3) is 0 Å². The Bertz CT molecular complexity index is 386. The maximum Gasteiger partial charge on any atom is 0.268 e. The van der Waals surface area contributed by atoms with Gasteiger partial charge in [0.25, 0.3) is 11.7 Å². The van der Waals surface area contributed by atoms with Crippen molar-refractivity contribution in [1.82, 2.24) is 4.98 Å². The Morgan fingerprint density at radius 2 is 2.21 bits per heavy atom. The topological polar surface area (TPSA) is 56.0 Å². The molecule has 0 aromatic carbocycles. The van der Waals surface area contributed by atoms with Crippen LogP contribution in [0.4, 0.5) is 14.6 Å². The van der Waals surface area contributed by atoms with Gasteiger partial charge < -0.3 is 5.73 Å². The van der Waals surface area contributed by atoms with Gasteiger partial charge in [-0.15, -0.1) is 0 Å². The van der Waals surface area contributed by atoms with E-state index in [1.807, 2.05) is 0 Å². The smallest absolute Gasteiger partial charge is 0.268 e.